The maximum atomic E-state index is 12.9. The third-order valence-electron chi connectivity index (χ3n) is 5.17. The molecule has 4 nitrogen and oxygen atoms in total. The van der Waals surface area contributed by atoms with Gasteiger partial charge in [0.25, 0.3) is 0 Å². The molecule has 1 fully saturated rings. The van der Waals surface area contributed by atoms with E-state index in [-0.39, 0.29) is 23.8 Å². The van der Waals surface area contributed by atoms with E-state index in [2.05, 4.69) is 23.5 Å². The SMILES string of the molecule is NCC(NC(=O)C1CC=CCC1c1nc2ccccc2s1)C1CC1. The Balaban J connectivity index is 1.56. The Hall–Kier alpha value is -1.72. The van der Waals surface area contributed by atoms with E-state index in [0.29, 0.717) is 12.5 Å². The lowest BCUT2D eigenvalue weighted by Gasteiger charge is -2.28. The summed E-state index contributed by atoms with van der Waals surface area (Å²) in [5.41, 5.74) is 6.88. The topological polar surface area (TPSA) is 68.0 Å². The molecule has 3 atom stereocenters. The van der Waals surface area contributed by atoms with Gasteiger partial charge in [0.05, 0.1) is 21.1 Å². The molecule has 126 valence electrons. The molecule has 0 saturated heterocycles. The summed E-state index contributed by atoms with van der Waals surface area (Å²) in [6.07, 6.45) is 8.36. The molecule has 1 saturated carbocycles. The quantitative estimate of drug-likeness (QED) is 0.821. The van der Waals surface area contributed by atoms with Crippen LogP contribution in [0.3, 0.4) is 0 Å². The Morgan fingerprint density at radius 1 is 1.29 bits per heavy atom. The first-order valence-electron chi connectivity index (χ1n) is 8.77. The maximum absolute atomic E-state index is 12.9. The van der Waals surface area contributed by atoms with Gasteiger partial charge in [0.1, 0.15) is 0 Å². The second kappa shape index (κ2) is 6.65. The van der Waals surface area contributed by atoms with E-state index in [1.165, 1.54) is 17.5 Å². The predicted octanol–water partition coefficient (Wildman–Crippen LogP) is 3.20. The van der Waals surface area contributed by atoms with Gasteiger partial charge in [-0.2, -0.15) is 0 Å². The number of para-hydroxylation sites is 1. The van der Waals surface area contributed by atoms with Crippen molar-refractivity contribution in [3.8, 4) is 0 Å². The maximum Gasteiger partial charge on any atom is 0.224 e. The van der Waals surface area contributed by atoms with Crippen LogP contribution < -0.4 is 11.1 Å². The number of nitrogens with one attached hydrogen (secondary N) is 1. The van der Waals surface area contributed by atoms with Crippen molar-refractivity contribution in [2.45, 2.75) is 37.6 Å². The van der Waals surface area contributed by atoms with Crippen LogP contribution in [-0.4, -0.2) is 23.5 Å². The highest BCUT2D eigenvalue weighted by molar-refractivity contribution is 7.18. The first kappa shape index (κ1) is 15.8. The molecule has 3 N–H and O–H groups in total. The van der Waals surface area contributed by atoms with E-state index in [0.717, 1.165) is 23.4 Å². The zero-order valence-electron chi connectivity index (χ0n) is 13.7. The van der Waals surface area contributed by atoms with Gasteiger partial charge in [0.2, 0.25) is 5.91 Å². The van der Waals surface area contributed by atoms with Crippen molar-refractivity contribution >= 4 is 27.5 Å². The number of benzene rings is 1. The lowest BCUT2D eigenvalue weighted by Crippen LogP contribution is -2.45. The number of fused-ring (bicyclic) bond motifs is 1. The fourth-order valence-corrected chi connectivity index (χ4v) is 4.73. The average molecular weight is 341 g/mol. The number of thiazole rings is 1. The van der Waals surface area contributed by atoms with E-state index in [4.69, 9.17) is 10.7 Å². The molecule has 1 amide bonds. The molecule has 1 aromatic carbocycles. The number of amides is 1. The Bertz CT molecular complexity index is 732. The van der Waals surface area contributed by atoms with Crippen LogP contribution in [0, 0.1) is 11.8 Å². The van der Waals surface area contributed by atoms with Gasteiger partial charge in [-0.05, 0) is 43.7 Å². The molecular weight excluding hydrogens is 318 g/mol. The Labute approximate surface area is 146 Å². The minimum Gasteiger partial charge on any atom is -0.352 e. The molecule has 24 heavy (non-hydrogen) atoms. The van der Waals surface area contributed by atoms with Gasteiger partial charge >= 0.3 is 0 Å². The Morgan fingerprint density at radius 2 is 2.08 bits per heavy atom. The highest BCUT2D eigenvalue weighted by atomic mass is 32.1. The number of nitrogens with zero attached hydrogens (tertiary/aromatic N) is 1. The van der Waals surface area contributed by atoms with Crippen LogP contribution in [0.15, 0.2) is 36.4 Å². The molecule has 0 radical (unpaired) electrons. The first-order valence-corrected chi connectivity index (χ1v) is 9.59. The van der Waals surface area contributed by atoms with Gasteiger partial charge in [0.15, 0.2) is 0 Å². The second-order valence-corrected chi connectivity index (χ2v) is 7.93. The van der Waals surface area contributed by atoms with E-state index in [1.807, 2.05) is 18.2 Å². The number of carbonyl (C=O) groups excluding carboxylic acids is 1. The van der Waals surface area contributed by atoms with Crippen LogP contribution in [0.5, 0.6) is 0 Å². The summed E-state index contributed by atoms with van der Waals surface area (Å²) in [7, 11) is 0. The summed E-state index contributed by atoms with van der Waals surface area (Å²) in [5, 5.41) is 4.29. The molecule has 2 aromatic rings. The zero-order chi connectivity index (χ0) is 16.5. The largest absolute Gasteiger partial charge is 0.352 e. The zero-order valence-corrected chi connectivity index (χ0v) is 14.5. The number of aromatic nitrogens is 1. The highest BCUT2D eigenvalue weighted by Gasteiger charge is 2.36. The van der Waals surface area contributed by atoms with Gasteiger partial charge in [0, 0.05) is 18.5 Å². The molecule has 2 aliphatic carbocycles. The van der Waals surface area contributed by atoms with Gasteiger partial charge in [-0.25, -0.2) is 4.98 Å². The molecule has 0 aliphatic heterocycles. The molecule has 0 bridgehead atoms. The normalized spacial score (nSPS) is 24.9. The van der Waals surface area contributed by atoms with Crippen molar-refractivity contribution in [1.29, 1.82) is 0 Å². The third kappa shape index (κ3) is 3.10. The lowest BCUT2D eigenvalue weighted by molar-refractivity contribution is -0.126. The molecule has 1 heterocycles. The van der Waals surface area contributed by atoms with E-state index < -0.39 is 0 Å². The van der Waals surface area contributed by atoms with E-state index in [1.54, 1.807) is 11.3 Å². The number of nitrogens with two attached hydrogens (primary N) is 1. The Kier molecular flexibility index (Phi) is 4.37. The van der Waals surface area contributed by atoms with Crippen molar-refractivity contribution in [2.75, 3.05) is 6.54 Å². The minimum atomic E-state index is -0.0386. The summed E-state index contributed by atoms with van der Waals surface area (Å²) in [5.74, 6) is 0.860. The minimum absolute atomic E-state index is 0.0386. The van der Waals surface area contributed by atoms with Crippen molar-refractivity contribution in [1.82, 2.24) is 10.3 Å². The van der Waals surface area contributed by atoms with Crippen molar-refractivity contribution < 1.29 is 4.79 Å². The number of carbonyl (C=O) groups is 1. The predicted molar refractivity (Wildman–Crippen MR) is 97.9 cm³/mol. The Morgan fingerprint density at radius 3 is 2.83 bits per heavy atom. The van der Waals surface area contributed by atoms with Crippen LogP contribution in [0.25, 0.3) is 10.2 Å². The van der Waals surface area contributed by atoms with Crippen LogP contribution >= 0.6 is 11.3 Å². The molecule has 1 aromatic heterocycles. The highest BCUT2D eigenvalue weighted by Crippen LogP contribution is 2.39. The molecule has 0 spiro atoms. The van der Waals surface area contributed by atoms with Crippen LogP contribution in [0.2, 0.25) is 0 Å². The fourth-order valence-electron chi connectivity index (χ4n) is 3.58. The number of allylic oxidation sites excluding steroid dienone is 2. The molecule has 3 unspecified atom stereocenters. The van der Waals surface area contributed by atoms with Gasteiger partial charge in [-0.1, -0.05) is 24.3 Å². The molecule has 4 rings (SSSR count). The van der Waals surface area contributed by atoms with Crippen molar-refractivity contribution in [3.63, 3.8) is 0 Å². The van der Waals surface area contributed by atoms with Gasteiger partial charge < -0.3 is 11.1 Å². The summed E-state index contributed by atoms with van der Waals surface area (Å²) < 4.78 is 1.19. The smallest absolute Gasteiger partial charge is 0.224 e. The van der Waals surface area contributed by atoms with Crippen molar-refractivity contribution in [2.24, 2.45) is 17.6 Å². The standard InChI is InChI=1S/C19H23N3OS/c20-11-16(12-9-10-12)21-18(23)13-5-1-2-6-14(13)19-22-15-7-3-4-8-17(15)24-19/h1-4,7-8,12-14,16H,5-6,9-11,20H2,(H,21,23). The number of hydrogen-bond donors (Lipinski definition) is 2. The van der Waals surface area contributed by atoms with Crippen LogP contribution in [0.4, 0.5) is 0 Å². The molecule has 2 aliphatic rings. The van der Waals surface area contributed by atoms with E-state index >= 15 is 0 Å². The summed E-state index contributed by atoms with van der Waals surface area (Å²) in [6, 6.07) is 8.33. The summed E-state index contributed by atoms with van der Waals surface area (Å²) in [6.45, 7) is 0.533. The van der Waals surface area contributed by atoms with Gasteiger partial charge in [-0.15, -0.1) is 11.3 Å². The lowest BCUT2D eigenvalue weighted by atomic mass is 9.82. The van der Waals surface area contributed by atoms with Crippen LogP contribution in [0.1, 0.15) is 36.6 Å². The second-order valence-electron chi connectivity index (χ2n) is 6.86. The summed E-state index contributed by atoms with van der Waals surface area (Å²) in [4.78, 5) is 17.7. The fraction of sp³-hybridized carbons (Fsp3) is 0.474. The molecule has 5 heteroatoms. The average Bonchev–Trinajstić information content (AvgIpc) is 3.37. The third-order valence-corrected chi connectivity index (χ3v) is 6.34. The monoisotopic (exact) mass is 341 g/mol. The van der Waals surface area contributed by atoms with Gasteiger partial charge in [-0.3, -0.25) is 4.79 Å². The van der Waals surface area contributed by atoms with Crippen LogP contribution in [-0.2, 0) is 4.79 Å². The van der Waals surface area contributed by atoms with E-state index in [9.17, 15) is 4.79 Å². The molecular formula is C19H23N3OS. The number of hydrogen-bond acceptors (Lipinski definition) is 4. The number of rotatable bonds is 5. The van der Waals surface area contributed by atoms with Crippen molar-refractivity contribution in [3.05, 3.63) is 41.4 Å². The summed E-state index contributed by atoms with van der Waals surface area (Å²) >= 11 is 1.72. The first-order chi connectivity index (χ1) is 11.8.